The summed E-state index contributed by atoms with van der Waals surface area (Å²) in [6.45, 7) is 0. The van der Waals surface area contributed by atoms with E-state index in [0.717, 1.165) is 4.90 Å². The number of amides is 2. The predicted octanol–water partition coefficient (Wildman–Crippen LogP) is 1.58. The second-order valence-corrected chi connectivity index (χ2v) is 4.32. The second kappa shape index (κ2) is 4.05. The van der Waals surface area contributed by atoms with Gasteiger partial charge in [-0.15, -0.1) is 0 Å². The molecule has 1 aromatic carbocycles. The van der Waals surface area contributed by atoms with Crippen LogP contribution in [-0.4, -0.2) is 17.9 Å². The third kappa shape index (κ3) is 1.80. The Bertz CT molecular complexity index is 476. The molecule has 1 aliphatic rings. The normalized spacial score (nSPS) is 20.7. The van der Waals surface area contributed by atoms with Gasteiger partial charge in [-0.25, -0.2) is 4.90 Å². The number of hydrogen-bond donors (Lipinski definition) is 1. The number of hydrogen-bond acceptors (Lipinski definition) is 3. The molecule has 1 fully saturated rings. The van der Waals surface area contributed by atoms with Gasteiger partial charge in [0.1, 0.15) is 0 Å². The van der Waals surface area contributed by atoms with Crippen molar-refractivity contribution in [1.29, 1.82) is 0 Å². The highest BCUT2D eigenvalue weighted by Crippen LogP contribution is 2.32. The molecular weight excluding hydrogens is 251 g/mol. The van der Waals surface area contributed by atoms with E-state index >= 15 is 0 Å². The Morgan fingerprint density at radius 1 is 1.31 bits per heavy atom. The van der Waals surface area contributed by atoms with Crippen LogP contribution in [0.25, 0.3) is 0 Å². The largest absolute Gasteiger partial charge is 0.319 e. The molecule has 1 heterocycles. The molecule has 2 N–H and O–H groups in total. The zero-order valence-electron chi connectivity index (χ0n) is 8.11. The van der Waals surface area contributed by atoms with Crippen LogP contribution in [0.2, 0.25) is 10.0 Å². The summed E-state index contributed by atoms with van der Waals surface area (Å²) in [5, 5.41) is 0.695. The van der Waals surface area contributed by atoms with E-state index in [1.165, 1.54) is 12.1 Å². The van der Waals surface area contributed by atoms with Crippen molar-refractivity contribution in [3.8, 4) is 0 Å². The van der Waals surface area contributed by atoms with Gasteiger partial charge in [-0.05, 0) is 18.2 Å². The molecular formula is C10H8Cl2N2O2. The first-order chi connectivity index (χ1) is 7.50. The van der Waals surface area contributed by atoms with Crippen molar-refractivity contribution in [3.05, 3.63) is 28.2 Å². The van der Waals surface area contributed by atoms with Gasteiger partial charge in [-0.3, -0.25) is 9.59 Å². The Balaban J connectivity index is 2.48. The highest BCUT2D eigenvalue weighted by Gasteiger charge is 2.38. The highest BCUT2D eigenvalue weighted by molar-refractivity contribution is 6.37. The van der Waals surface area contributed by atoms with Crippen LogP contribution >= 0.6 is 23.2 Å². The minimum Gasteiger partial charge on any atom is -0.319 e. The van der Waals surface area contributed by atoms with E-state index in [1.807, 2.05) is 0 Å². The fourth-order valence-corrected chi connectivity index (χ4v) is 1.93. The van der Waals surface area contributed by atoms with E-state index in [4.69, 9.17) is 28.9 Å². The Kier molecular flexibility index (Phi) is 2.88. The topological polar surface area (TPSA) is 63.4 Å². The third-order valence-corrected chi connectivity index (χ3v) is 2.89. The summed E-state index contributed by atoms with van der Waals surface area (Å²) in [4.78, 5) is 24.2. The SMILES string of the molecule is NC1CC(=O)N(c2cc(Cl)ccc2Cl)C1=O. The first-order valence-electron chi connectivity index (χ1n) is 4.58. The van der Waals surface area contributed by atoms with Gasteiger partial charge in [0.15, 0.2) is 0 Å². The number of nitrogens with zero attached hydrogens (tertiary/aromatic N) is 1. The number of carbonyl (C=O) groups is 2. The molecule has 1 aliphatic heterocycles. The van der Waals surface area contributed by atoms with Gasteiger partial charge < -0.3 is 5.73 Å². The molecule has 0 aliphatic carbocycles. The zero-order chi connectivity index (χ0) is 11.9. The molecule has 0 saturated carbocycles. The summed E-state index contributed by atoms with van der Waals surface area (Å²) in [5.41, 5.74) is 5.79. The van der Waals surface area contributed by atoms with Gasteiger partial charge in [0.05, 0.1) is 23.2 Å². The lowest BCUT2D eigenvalue weighted by atomic mass is 10.3. The number of rotatable bonds is 1. The summed E-state index contributed by atoms with van der Waals surface area (Å²) < 4.78 is 0. The fraction of sp³-hybridized carbons (Fsp3) is 0.200. The maximum Gasteiger partial charge on any atom is 0.251 e. The first kappa shape index (κ1) is 11.4. The molecule has 16 heavy (non-hydrogen) atoms. The smallest absolute Gasteiger partial charge is 0.251 e. The van der Waals surface area contributed by atoms with Crippen molar-refractivity contribution in [1.82, 2.24) is 0 Å². The molecule has 1 saturated heterocycles. The molecule has 84 valence electrons. The quantitative estimate of drug-likeness (QED) is 0.779. The minimum atomic E-state index is -0.789. The highest BCUT2D eigenvalue weighted by atomic mass is 35.5. The van der Waals surface area contributed by atoms with Crippen LogP contribution in [0.1, 0.15) is 6.42 Å². The van der Waals surface area contributed by atoms with Crippen LogP contribution in [0.15, 0.2) is 18.2 Å². The number of carbonyl (C=O) groups excluding carboxylic acids is 2. The monoisotopic (exact) mass is 258 g/mol. The molecule has 1 aromatic rings. The number of nitrogens with two attached hydrogens (primary N) is 1. The van der Waals surface area contributed by atoms with Crippen molar-refractivity contribution in [2.75, 3.05) is 4.90 Å². The lowest BCUT2D eigenvalue weighted by molar-refractivity contribution is -0.121. The van der Waals surface area contributed by atoms with E-state index in [2.05, 4.69) is 0 Å². The molecule has 0 bridgehead atoms. The van der Waals surface area contributed by atoms with Crippen LogP contribution in [-0.2, 0) is 9.59 Å². The van der Waals surface area contributed by atoms with Crippen LogP contribution in [0.3, 0.4) is 0 Å². The standard InChI is InChI=1S/C10H8Cl2N2O2/c11-5-1-2-6(12)8(3-5)14-9(15)4-7(13)10(14)16/h1-3,7H,4,13H2. The van der Waals surface area contributed by atoms with Crippen molar-refractivity contribution in [3.63, 3.8) is 0 Å². The van der Waals surface area contributed by atoms with Crippen molar-refractivity contribution < 1.29 is 9.59 Å². The first-order valence-corrected chi connectivity index (χ1v) is 5.33. The van der Waals surface area contributed by atoms with Crippen LogP contribution in [0, 0.1) is 0 Å². The van der Waals surface area contributed by atoms with Gasteiger partial charge in [0, 0.05) is 5.02 Å². The third-order valence-electron chi connectivity index (χ3n) is 2.33. The van der Waals surface area contributed by atoms with Gasteiger partial charge >= 0.3 is 0 Å². The molecule has 0 aromatic heterocycles. The lowest BCUT2D eigenvalue weighted by Gasteiger charge is -2.15. The molecule has 1 atom stereocenters. The second-order valence-electron chi connectivity index (χ2n) is 3.47. The Morgan fingerprint density at radius 2 is 2.00 bits per heavy atom. The van der Waals surface area contributed by atoms with Crippen LogP contribution in [0.5, 0.6) is 0 Å². The maximum atomic E-state index is 11.7. The van der Waals surface area contributed by atoms with E-state index in [1.54, 1.807) is 6.07 Å². The summed E-state index contributed by atoms with van der Waals surface area (Å²) >= 11 is 11.7. The summed E-state index contributed by atoms with van der Waals surface area (Å²) in [5.74, 6) is -0.809. The molecule has 6 heteroatoms. The lowest BCUT2D eigenvalue weighted by Crippen LogP contribution is -2.35. The van der Waals surface area contributed by atoms with Crippen LogP contribution in [0.4, 0.5) is 5.69 Å². The Hall–Kier alpha value is -1.10. The number of anilines is 1. The molecule has 4 nitrogen and oxygen atoms in total. The average Bonchev–Trinajstić information content (AvgIpc) is 2.46. The van der Waals surface area contributed by atoms with Gasteiger partial charge in [0.2, 0.25) is 5.91 Å². The zero-order valence-corrected chi connectivity index (χ0v) is 9.63. The maximum absolute atomic E-state index is 11.7. The number of benzene rings is 1. The Labute approximate surface area is 102 Å². The van der Waals surface area contributed by atoms with E-state index < -0.39 is 11.9 Å². The molecule has 1 unspecified atom stereocenters. The Morgan fingerprint density at radius 3 is 2.56 bits per heavy atom. The van der Waals surface area contributed by atoms with Gasteiger partial charge in [-0.1, -0.05) is 23.2 Å². The summed E-state index contributed by atoms with van der Waals surface area (Å²) in [6, 6.07) is 3.79. The number of imide groups is 1. The van der Waals surface area contributed by atoms with Gasteiger partial charge in [-0.2, -0.15) is 0 Å². The van der Waals surface area contributed by atoms with E-state index in [-0.39, 0.29) is 18.0 Å². The molecule has 2 amide bonds. The number of halogens is 2. The van der Waals surface area contributed by atoms with E-state index in [9.17, 15) is 9.59 Å². The molecule has 0 spiro atoms. The fourth-order valence-electron chi connectivity index (χ4n) is 1.57. The van der Waals surface area contributed by atoms with Crippen molar-refractivity contribution in [2.24, 2.45) is 5.73 Å². The van der Waals surface area contributed by atoms with Crippen molar-refractivity contribution in [2.45, 2.75) is 12.5 Å². The van der Waals surface area contributed by atoms with Gasteiger partial charge in [0.25, 0.3) is 5.91 Å². The van der Waals surface area contributed by atoms with E-state index in [0.29, 0.717) is 10.0 Å². The van der Waals surface area contributed by atoms with Crippen LogP contribution < -0.4 is 10.6 Å². The minimum absolute atomic E-state index is 0.00166. The van der Waals surface area contributed by atoms with Crippen molar-refractivity contribution >= 4 is 40.7 Å². The molecule has 2 rings (SSSR count). The average molecular weight is 259 g/mol. The predicted molar refractivity (Wildman–Crippen MR) is 61.5 cm³/mol. The summed E-state index contributed by atoms with van der Waals surface area (Å²) in [7, 11) is 0. The summed E-state index contributed by atoms with van der Waals surface area (Å²) in [6.07, 6.45) is 0.00166. The molecule has 0 radical (unpaired) electrons.